The van der Waals surface area contributed by atoms with Gasteiger partial charge in [0.25, 0.3) is 10.0 Å². The fourth-order valence-corrected chi connectivity index (χ4v) is 3.93. The molecule has 1 saturated heterocycles. The zero-order valence-corrected chi connectivity index (χ0v) is 11.8. The molecule has 2 rings (SSSR count). The van der Waals surface area contributed by atoms with Gasteiger partial charge in [0.2, 0.25) is 0 Å². The zero-order chi connectivity index (χ0) is 14.1. The van der Waals surface area contributed by atoms with E-state index >= 15 is 0 Å². The molecule has 1 aliphatic heterocycles. The lowest BCUT2D eigenvalue weighted by molar-refractivity contribution is -0.00780. The van der Waals surface area contributed by atoms with Crippen LogP contribution in [0.4, 0.5) is 5.69 Å². The van der Waals surface area contributed by atoms with Crippen LogP contribution in [0.2, 0.25) is 0 Å². The summed E-state index contributed by atoms with van der Waals surface area (Å²) in [5.74, 6) is 5.35. The number of ether oxygens (including phenoxy) is 1. The molecular weight excluding hydrogens is 268 g/mol. The second kappa shape index (κ2) is 5.04. The van der Waals surface area contributed by atoms with Crippen LogP contribution in [0, 0.1) is 0 Å². The predicted molar refractivity (Wildman–Crippen MR) is 70.8 cm³/mol. The monoisotopic (exact) mass is 286 g/mol. The highest BCUT2D eigenvalue weighted by atomic mass is 32.2. The molecule has 0 atom stereocenters. The van der Waals surface area contributed by atoms with Crippen molar-refractivity contribution in [2.75, 3.05) is 25.2 Å². The number of pyridine rings is 1. The quantitative estimate of drug-likeness (QED) is 0.607. The number of morpholine rings is 1. The molecule has 1 aromatic rings. The molecule has 1 aromatic heterocycles. The Hall–Kier alpha value is -1.22. The van der Waals surface area contributed by atoms with Gasteiger partial charge >= 0.3 is 0 Å². The predicted octanol–water partition coefficient (Wildman–Crippen LogP) is 0.167. The summed E-state index contributed by atoms with van der Waals surface area (Å²) in [4.78, 5) is 3.95. The average Bonchev–Trinajstić information content (AvgIpc) is 2.37. The second-order valence-electron chi connectivity index (χ2n) is 4.94. The smallest absolute Gasteiger partial charge is 0.263 e. The van der Waals surface area contributed by atoms with Crippen LogP contribution in [0.5, 0.6) is 0 Å². The lowest BCUT2D eigenvalue weighted by Gasteiger charge is -2.40. The van der Waals surface area contributed by atoms with Gasteiger partial charge in [-0.3, -0.25) is 5.84 Å². The maximum absolute atomic E-state index is 12.7. The van der Waals surface area contributed by atoms with E-state index in [1.165, 1.54) is 10.5 Å². The Morgan fingerprint density at radius 2 is 2.26 bits per heavy atom. The summed E-state index contributed by atoms with van der Waals surface area (Å²) in [6.07, 6.45) is 1.43. The largest absolute Gasteiger partial charge is 0.378 e. The van der Waals surface area contributed by atoms with Gasteiger partial charge in [-0.2, -0.15) is 4.31 Å². The molecule has 3 N–H and O–H groups in total. The summed E-state index contributed by atoms with van der Waals surface area (Å²) in [6, 6.07) is 3.20. The van der Waals surface area contributed by atoms with Crippen molar-refractivity contribution in [2.45, 2.75) is 24.4 Å². The van der Waals surface area contributed by atoms with Crippen molar-refractivity contribution in [1.29, 1.82) is 0 Å². The first-order chi connectivity index (χ1) is 8.89. The van der Waals surface area contributed by atoms with Crippen LogP contribution in [-0.4, -0.2) is 43.0 Å². The topological polar surface area (TPSA) is 97.5 Å². The molecular formula is C11H18N4O3S. The highest BCUT2D eigenvalue weighted by molar-refractivity contribution is 7.89. The SMILES string of the molecule is CC1(C)COCCN1S(=O)(=O)c1ncccc1NN. The Labute approximate surface area is 112 Å². The van der Waals surface area contributed by atoms with Gasteiger partial charge in [0.1, 0.15) is 0 Å². The molecule has 7 nitrogen and oxygen atoms in total. The van der Waals surface area contributed by atoms with Crippen LogP contribution in [0.1, 0.15) is 13.8 Å². The summed E-state index contributed by atoms with van der Waals surface area (Å²) in [5, 5.41) is -0.0625. The maximum Gasteiger partial charge on any atom is 0.263 e. The summed E-state index contributed by atoms with van der Waals surface area (Å²) >= 11 is 0. The van der Waals surface area contributed by atoms with Crippen molar-refractivity contribution >= 4 is 15.7 Å². The number of rotatable bonds is 3. The maximum atomic E-state index is 12.7. The Morgan fingerprint density at radius 3 is 2.89 bits per heavy atom. The second-order valence-corrected chi connectivity index (χ2v) is 6.72. The Morgan fingerprint density at radius 1 is 1.53 bits per heavy atom. The molecule has 1 aliphatic rings. The molecule has 0 saturated carbocycles. The van der Waals surface area contributed by atoms with Crippen LogP contribution >= 0.6 is 0 Å². The first-order valence-electron chi connectivity index (χ1n) is 5.92. The minimum atomic E-state index is -3.71. The van der Waals surface area contributed by atoms with Crippen LogP contribution in [0.25, 0.3) is 0 Å². The molecule has 1 fully saturated rings. The number of nitrogens with two attached hydrogens (primary N) is 1. The third-order valence-electron chi connectivity index (χ3n) is 3.03. The van der Waals surface area contributed by atoms with E-state index in [0.717, 1.165) is 0 Å². The fraction of sp³-hybridized carbons (Fsp3) is 0.545. The number of nitrogens with zero attached hydrogens (tertiary/aromatic N) is 2. The van der Waals surface area contributed by atoms with E-state index in [4.69, 9.17) is 10.6 Å². The van der Waals surface area contributed by atoms with E-state index < -0.39 is 15.6 Å². The van der Waals surface area contributed by atoms with Gasteiger partial charge < -0.3 is 10.2 Å². The first kappa shape index (κ1) is 14.2. The fourth-order valence-electron chi connectivity index (χ4n) is 2.10. The standard InChI is InChI=1S/C11H18N4O3S/c1-11(2)8-18-7-6-15(11)19(16,17)10-9(14-12)4-3-5-13-10/h3-5,14H,6-8,12H2,1-2H3. The number of nitrogens with one attached hydrogen (secondary N) is 1. The van der Waals surface area contributed by atoms with Gasteiger partial charge in [-0.25, -0.2) is 13.4 Å². The van der Waals surface area contributed by atoms with Crippen molar-refractivity contribution in [2.24, 2.45) is 5.84 Å². The van der Waals surface area contributed by atoms with Crippen molar-refractivity contribution in [3.8, 4) is 0 Å². The van der Waals surface area contributed by atoms with Gasteiger partial charge in [0, 0.05) is 12.7 Å². The van der Waals surface area contributed by atoms with Crippen molar-refractivity contribution in [3.05, 3.63) is 18.3 Å². The lowest BCUT2D eigenvalue weighted by atomic mass is 10.1. The molecule has 0 amide bonds. The van der Waals surface area contributed by atoms with Crippen molar-refractivity contribution in [1.82, 2.24) is 9.29 Å². The molecule has 0 aliphatic carbocycles. The van der Waals surface area contributed by atoms with Crippen LogP contribution in [0.15, 0.2) is 23.4 Å². The zero-order valence-electron chi connectivity index (χ0n) is 11.0. The molecule has 8 heteroatoms. The number of aromatic nitrogens is 1. The Bertz CT molecular complexity index is 559. The minimum Gasteiger partial charge on any atom is -0.378 e. The highest BCUT2D eigenvalue weighted by Gasteiger charge is 2.41. The summed E-state index contributed by atoms with van der Waals surface area (Å²) in [5.41, 5.74) is 2.04. The number of hydrogen-bond donors (Lipinski definition) is 2. The van der Waals surface area contributed by atoms with Gasteiger partial charge in [-0.15, -0.1) is 0 Å². The van der Waals surface area contributed by atoms with Gasteiger partial charge in [0.05, 0.1) is 24.4 Å². The summed E-state index contributed by atoms with van der Waals surface area (Å²) in [7, 11) is -3.71. The Balaban J connectivity index is 2.47. The van der Waals surface area contributed by atoms with E-state index in [2.05, 4.69) is 10.4 Å². The molecule has 0 spiro atoms. The molecule has 0 unspecified atom stereocenters. The molecule has 0 bridgehead atoms. The number of hydrazine groups is 1. The first-order valence-corrected chi connectivity index (χ1v) is 7.36. The lowest BCUT2D eigenvalue weighted by Crippen LogP contribution is -2.55. The van der Waals surface area contributed by atoms with Gasteiger partial charge in [-0.05, 0) is 26.0 Å². The molecule has 2 heterocycles. The van der Waals surface area contributed by atoms with E-state index in [1.807, 2.05) is 13.8 Å². The van der Waals surface area contributed by atoms with E-state index in [9.17, 15) is 8.42 Å². The van der Waals surface area contributed by atoms with Crippen molar-refractivity contribution < 1.29 is 13.2 Å². The Kier molecular flexibility index (Phi) is 3.77. The minimum absolute atomic E-state index is 0.0625. The number of anilines is 1. The van der Waals surface area contributed by atoms with Gasteiger partial charge in [0.15, 0.2) is 5.03 Å². The number of sulfonamides is 1. The van der Waals surface area contributed by atoms with E-state index in [0.29, 0.717) is 19.8 Å². The normalized spacial score (nSPS) is 20.2. The summed E-state index contributed by atoms with van der Waals surface area (Å²) < 4.78 is 32.1. The molecule has 0 aromatic carbocycles. The van der Waals surface area contributed by atoms with Crippen LogP contribution < -0.4 is 11.3 Å². The summed E-state index contributed by atoms with van der Waals surface area (Å²) in [6.45, 7) is 4.67. The molecule has 0 radical (unpaired) electrons. The van der Waals surface area contributed by atoms with Crippen LogP contribution in [-0.2, 0) is 14.8 Å². The van der Waals surface area contributed by atoms with E-state index in [-0.39, 0.29) is 10.7 Å². The molecule has 19 heavy (non-hydrogen) atoms. The van der Waals surface area contributed by atoms with Crippen LogP contribution in [0.3, 0.4) is 0 Å². The number of hydrogen-bond acceptors (Lipinski definition) is 6. The average molecular weight is 286 g/mol. The van der Waals surface area contributed by atoms with Gasteiger partial charge in [-0.1, -0.05) is 0 Å². The van der Waals surface area contributed by atoms with Crippen molar-refractivity contribution in [3.63, 3.8) is 0 Å². The van der Waals surface area contributed by atoms with E-state index in [1.54, 1.807) is 12.1 Å². The number of nitrogen functional groups attached to an aromatic ring is 1. The molecule has 106 valence electrons. The third kappa shape index (κ3) is 2.57. The third-order valence-corrected chi connectivity index (χ3v) is 5.10. The highest BCUT2D eigenvalue weighted by Crippen LogP contribution is 2.29.